The van der Waals surface area contributed by atoms with Crippen molar-refractivity contribution in [3.63, 3.8) is 0 Å². The number of aliphatic hydroxyl groups excluding tert-OH is 1. The highest BCUT2D eigenvalue weighted by Gasteiger charge is 2.26. The zero-order valence-corrected chi connectivity index (χ0v) is 10.1. The van der Waals surface area contributed by atoms with Crippen LogP contribution >= 0.6 is 0 Å². The van der Waals surface area contributed by atoms with E-state index in [1.807, 2.05) is 20.8 Å². The van der Waals surface area contributed by atoms with E-state index in [0.29, 0.717) is 5.92 Å². The van der Waals surface area contributed by atoms with Gasteiger partial charge < -0.3 is 14.8 Å². The van der Waals surface area contributed by atoms with E-state index in [-0.39, 0.29) is 11.5 Å². The van der Waals surface area contributed by atoms with Crippen molar-refractivity contribution in [3.05, 3.63) is 0 Å². The van der Waals surface area contributed by atoms with Gasteiger partial charge in [0.05, 0.1) is 6.10 Å². The molecule has 15 heavy (non-hydrogen) atoms. The van der Waals surface area contributed by atoms with E-state index in [4.69, 9.17) is 0 Å². The van der Waals surface area contributed by atoms with Gasteiger partial charge in [-0.1, -0.05) is 13.8 Å². The molecule has 1 atom stereocenters. The van der Waals surface area contributed by atoms with Gasteiger partial charge in [0.1, 0.15) is 6.29 Å². The van der Waals surface area contributed by atoms with Gasteiger partial charge in [-0.25, -0.2) is 0 Å². The van der Waals surface area contributed by atoms with Crippen LogP contribution in [0.1, 0.15) is 33.6 Å². The predicted molar refractivity (Wildman–Crippen MR) is 60.7 cm³/mol. The van der Waals surface area contributed by atoms with Crippen LogP contribution in [0.15, 0.2) is 0 Å². The number of carbonyl (C=O) groups is 1. The lowest BCUT2D eigenvalue weighted by molar-refractivity contribution is -0.115. The number of likely N-dealkylation sites (tertiary alicyclic amines) is 1. The van der Waals surface area contributed by atoms with Crippen LogP contribution in [0.25, 0.3) is 0 Å². The zero-order valence-electron chi connectivity index (χ0n) is 10.1. The van der Waals surface area contributed by atoms with E-state index < -0.39 is 0 Å². The molecule has 1 aliphatic rings. The van der Waals surface area contributed by atoms with E-state index in [9.17, 15) is 9.90 Å². The van der Waals surface area contributed by atoms with Crippen LogP contribution in [-0.4, -0.2) is 42.0 Å². The molecule has 88 valence electrons. The number of hydrogen-bond donors (Lipinski definition) is 1. The second-order valence-electron chi connectivity index (χ2n) is 5.46. The van der Waals surface area contributed by atoms with Crippen molar-refractivity contribution in [3.8, 4) is 0 Å². The summed E-state index contributed by atoms with van der Waals surface area (Å²) in [5.41, 5.74) is -0.238. The first-order valence-corrected chi connectivity index (χ1v) is 5.81. The van der Waals surface area contributed by atoms with Gasteiger partial charge in [0.15, 0.2) is 0 Å². The second kappa shape index (κ2) is 5.08. The largest absolute Gasteiger partial charge is 0.393 e. The number of aldehydes is 1. The maximum absolute atomic E-state index is 10.8. The molecule has 0 aliphatic carbocycles. The summed E-state index contributed by atoms with van der Waals surface area (Å²) in [7, 11) is 0. The summed E-state index contributed by atoms with van der Waals surface area (Å²) in [6.45, 7) is 8.67. The molecular formula is C12H23NO2. The van der Waals surface area contributed by atoms with Crippen LogP contribution in [0, 0.1) is 11.3 Å². The first-order chi connectivity index (χ1) is 6.94. The molecule has 1 heterocycles. The molecule has 3 nitrogen and oxygen atoms in total. The van der Waals surface area contributed by atoms with Crippen LogP contribution in [0.3, 0.4) is 0 Å². The molecule has 1 unspecified atom stereocenters. The van der Waals surface area contributed by atoms with E-state index >= 15 is 0 Å². The number of aliphatic hydroxyl groups is 1. The lowest BCUT2D eigenvalue weighted by atomic mass is 9.89. The molecule has 1 saturated heterocycles. The van der Waals surface area contributed by atoms with Crippen LogP contribution < -0.4 is 0 Å². The number of nitrogens with zero attached hydrogens (tertiary/aromatic N) is 1. The molecule has 0 radical (unpaired) electrons. The molecule has 0 saturated carbocycles. The number of rotatable bonds is 4. The molecule has 1 aliphatic heterocycles. The van der Waals surface area contributed by atoms with Gasteiger partial charge in [-0.05, 0) is 38.8 Å². The number of piperidine rings is 1. The van der Waals surface area contributed by atoms with Gasteiger partial charge in [-0.15, -0.1) is 0 Å². The van der Waals surface area contributed by atoms with Crippen LogP contribution in [-0.2, 0) is 4.79 Å². The Bertz CT molecular complexity index is 206. The van der Waals surface area contributed by atoms with Crippen molar-refractivity contribution in [1.82, 2.24) is 4.90 Å². The SMILES string of the molecule is CC(O)C1CCN(CC(C)(C)C=O)CC1. The van der Waals surface area contributed by atoms with Gasteiger partial charge >= 0.3 is 0 Å². The molecule has 3 heteroatoms. The Hall–Kier alpha value is -0.410. The lowest BCUT2D eigenvalue weighted by Gasteiger charge is -2.36. The topological polar surface area (TPSA) is 40.5 Å². The Kier molecular flexibility index (Phi) is 4.29. The third kappa shape index (κ3) is 3.92. The Morgan fingerprint density at radius 1 is 1.47 bits per heavy atom. The summed E-state index contributed by atoms with van der Waals surface area (Å²) >= 11 is 0. The van der Waals surface area contributed by atoms with Crippen LogP contribution in [0.2, 0.25) is 0 Å². The average Bonchev–Trinajstić information content (AvgIpc) is 2.18. The fourth-order valence-corrected chi connectivity index (χ4v) is 2.21. The van der Waals surface area contributed by atoms with Crippen molar-refractivity contribution in [2.75, 3.05) is 19.6 Å². The van der Waals surface area contributed by atoms with Gasteiger partial charge in [0.25, 0.3) is 0 Å². The molecule has 0 aromatic carbocycles. The maximum Gasteiger partial charge on any atom is 0.126 e. The molecule has 1 fully saturated rings. The summed E-state index contributed by atoms with van der Waals surface area (Å²) in [6.07, 6.45) is 2.94. The Balaban J connectivity index is 2.35. The Morgan fingerprint density at radius 3 is 2.40 bits per heavy atom. The third-order valence-electron chi connectivity index (χ3n) is 3.26. The minimum atomic E-state index is -0.238. The van der Waals surface area contributed by atoms with Gasteiger partial charge in [-0.2, -0.15) is 0 Å². The Morgan fingerprint density at radius 2 is 2.00 bits per heavy atom. The van der Waals surface area contributed by atoms with Crippen molar-refractivity contribution in [2.45, 2.75) is 39.7 Å². The van der Waals surface area contributed by atoms with Crippen molar-refractivity contribution in [1.29, 1.82) is 0 Å². The van der Waals surface area contributed by atoms with Crippen LogP contribution in [0.4, 0.5) is 0 Å². The second-order valence-corrected chi connectivity index (χ2v) is 5.46. The summed E-state index contributed by atoms with van der Waals surface area (Å²) in [5.74, 6) is 0.445. The number of carbonyl (C=O) groups excluding carboxylic acids is 1. The maximum atomic E-state index is 10.8. The molecule has 0 bridgehead atoms. The third-order valence-corrected chi connectivity index (χ3v) is 3.26. The van der Waals surface area contributed by atoms with E-state index in [1.54, 1.807) is 0 Å². The van der Waals surface area contributed by atoms with Gasteiger partial charge in [-0.3, -0.25) is 0 Å². The van der Waals surface area contributed by atoms with E-state index in [2.05, 4.69) is 4.90 Å². The monoisotopic (exact) mass is 213 g/mol. The van der Waals surface area contributed by atoms with Crippen molar-refractivity contribution in [2.24, 2.45) is 11.3 Å². The highest BCUT2D eigenvalue weighted by molar-refractivity contribution is 5.58. The molecule has 0 amide bonds. The fourth-order valence-electron chi connectivity index (χ4n) is 2.21. The van der Waals surface area contributed by atoms with E-state index in [1.165, 1.54) is 0 Å². The average molecular weight is 213 g/mol. The smallest absolute Gasteiger partial charge is 0.126 e. The Labute approximate surface area is 92.5 Å². The highest BCUT2D eigenvalue weighted by atomic mass is 16.3. The van der Waals surface area contributed by atoms with Crippen molar-refractivity contribution < 1.29 is 9.90 Å². The normalized spacial score (nSPS) is 22.7. The van der Waals surface area contributed by atoms with Gasteiger partial charge in [0, 0.05) is 12.0 Å². The quantitative estimate of drug-likeness (QED) is 0.716. The van der Waals surface area contributed by atoms with Crippen molar-refractivity contribution >= 4 is 6.29 Å². The summed E-state index contributed by atoms with van der Waals surface area (Å²) < 4.78 is 0. The molecule has 1 N–H and O–H groups in total. The van der Waals surface area contributed by atoms with Crippen LogP contribution in [0.5, 0.6) is 0 Å². The predicted octanol–water partition coefficient (Wildman–Crippen LogP) is 1.30. The molecular weight excluding hydrogens is 190 g/mol. The first-order valence-electron chi connectivity index (χ1n) is 5.81. The fraction of sp³-hybridized carbons (Fsp3) is 0.917. The number of hydrogen-bond acceptors (Lipinski definition) is 3. The molecule has 0 spiro atoms. The minimum absolute atomic E-state index is 0.189. The summed E-state index contributed by atoms with van der Waals surface area (Å²) in [5, 5.41) is 9.47. The highest BCUT2D eigenvalue weighted by Crippen LogP contribution is 2.23. The zero-order chi connectivity index (χ0) is 11.5. The van der Waals surface area contributed by atoms with Gasteiger partial charge in [0.2, 0.25) is 0 Å². The minimum Gasteiger partial charge on any atom is -0.393 e. The van der Waals surface area contributed by atoms with E-state index in [0.717, 1.165) is 38.8 Å². The molecule has 0 aromatic rings. The lowest BCUT2D eigenvalue weighted by Crippen LogP contribution is -2.42. The summed E-state index contributed by atoms with van der Waals surface area (Å²) in [6, 6.07) is 0. The molecule has 0 aromatic heterocycles. The summed E-state index contributed by atoms with van der Waals surface area (Å²) in [4.78, 5) is 13.1. The first kappa shape index (κ1) is 12.7. The standard InChI is InChI=1S/C12H23NO2/c1-10(15)11-4-6-13(7-5-11)8-12(2,3)9-14/h9-11,15H,4-8H2,1-3H3. The molecule has 1 rings (SSSR count).